The highest BCUT2D eigenvalue weighted by Crippen LogP contribution is 2.32. The van der Waals surface area contributed by atoms with Crippen LogP contribution in [0.25, 0.3) is 0 Å². The molecule has 0 fully saturated rings. The first-order valence-corrected chi connectivity index (χ1v) is 9.01. The van der Waals surface area contributed by atoms with Crippen molar-refractivity contribution in [3.8, 4) is 5.75 Å². The minimum Gasteiger partial charge on any atom is -0.467 e. The van der Waals surface area contributed by atoms with E-state index in [1.54, 1.807) is 18.2 Å². The van der Waals surface area contributed by atoms with E-state index >= 15 is 0 Å². The second kappa shape index (κ2) is 9.01. The molecular weight excluding hydrogens is 381 g/mol. The summed E-state index contributed by atoms with van der Waals surface area (Å²) < 4.78 is 49.4. The fourth-order valence-corrected chi connectivity index (χ4v) is 3.28. The van der Waals surface area contributed by atoms with E-state index in [1.807, 2.05) is 0 Å². The molecule has 2 amide bonds. The summed E-state index contributed by atoms with van der Waals surface area (Å²) in [6.07, 6.45) is 0.348. The maximum Gasteiger partial charge on any atom is 0.319 e. The van der Waals surface area contributed by atoms with Gasteiger partial charge in [0.1, 0.15) is 11.6 Å². The summed E-state index contributed by atoms with van der Waals surface area (Å²) in [6, 6.07) is 8.49. The number of hydrogen-bond acceptors (Lipinski definition) is 4. The molecule has 144 valence electrons. The van der Waals surface area contributed by atoms with Crippen molar-refractivity contribution in [3.63, 3.8) is 0 Å². The van der Waals surface area contributed by atoms with Gasteiger partial charge in [-0.1, -0.05) is 23.9 Å². The van der Waals surface area contributed by atoms with Crippen LogP contribution in [-0.2, 0) is 17.8 Å². The van der Waals surface area contributed by atoms with Crippen molar-refractivity contribution in [2.24, 2.45) is 0 Å². The molecule has 0 bridgehead atoms. The number of halogens is 3. The van der Waals surface area contributed by atoms with Crippen LogP contribution in [0.2, 0.25) is 0 Å². The Balaban J connectivity index is 1.57. The van der Waals surface area contributed by atoms with Crippen LogP contribution >= 0.6 is 11.8 Å². The molecule has 0 atom stereocenters. The van der Waals surface area contributed by atoms with Crippen LogP contribution in [-0.4, -0.2) is 25.1 Å². The summed E-state index contributed by atoms with van der Waals surface area (Å²) in [5, 5.41) is 5.18. The molecule has 0 unspecified atom stereocenters. The predicted molar refractivity (Wildman–Crippen MR) is 95.7 cm³/mol. The van der Waals surface area contributed by atoms with Gasteiger partial charge in [-0.25, -0.2) is 9.18 Å². The summed E-state index contributed by atoms with van der Waals surface area (Å²) in [4.78, 5) is 12.3. The van der Waals surface area contributed by atoms with E-state index in [9.17, 15) is 18.0 Å². The number of carbonyl (C=O) groups is 1. The van der Waals surface area contributed by atoms with Crippen LogP contribution in [0, 0.1) is 5.82 Å². The van der Waals surface area contributed by atoms with E-state index in [0.29, 0.717) is 40.7 Å². The summed E-state index contributed by atoms with van der Waals surface area (Å²) in [6.45, 7) is 0.584. The Morgan fingerprint density at radius 2 is 2.07 bits per heavy atom. The number of fused-ring (bicyclic) bond motifs is 1. The van der Waals surface area contributed by atoms with Crippen LogP contribution < -0.4 is 15.4 Å². The third-order valence-electron chi connectivity index (χ3n) is 3.78. The van der Waals surface area contributed by atoms with Crippen LogP contribution in [0.15, 0.2) is 41.3 Å². The number of urea groups is 1. The zero-order valence-corrected chi connectivity index (χ0v) is 15.0. The molecule has 0 saturated carbocycles. The third-order valence-corrected chi connectivity index (χ3v) is 4.57. The van der Waals surface area contributed by atoms with Crippen LogP contribution in [0.3, 0.4) is 0 Å². The van der Waals surface area contributed by atoms with Gasteiger partial charge in [0.2, 0.25) is 0 Å². The van der Waals surface area contributed by atoms with Gasteiger partial charge in [0.25, 0.3) is 5.76 Å². The Bertz CT molecular complexity index is 820. The van der Waals surface area contributed by atoms with E-state index in [2.05, 4.69) is 10.6 Å². The molecular formula is C18H17F3N2O3S. The topological polar surface area (TPSA) is 59.6 Å². The van der Waals surface area contributed by atoms with Crippen LogP contribution in [0.1, 0.15) is 11.1 Å². The molecule has 0 spiro atoms. The van der Waals surface area contributed by atoms with Crippen molar-refractivity contribution < 1.29 is 27.4 Å². The summed E-state index contributed by atoms with van der Waals surface area (Å²) in [7, 11) is 0. The zero-order chi connectivity index (χ0) is 19.2. The highest BCUT2D eigenvalue weighted by Gasteiger charge is 2.17. The van der Waals surface area contributed by atoms with Gasteiger partial charge in [0.15, 0.2) is 6.79 Å². The SMILES string of the molecule is O=C(NCCc1cc(F)cc2c1OCOC2)Nc1ccccc1SC(F)F. The molecule has 0 aliphatic carbocycles. The molecule has 2 N–H and O–H groups in total. The van der Waals surface area contributed by atoms with E-state index < -0.39 is 17.6 Å². The van der Waals surface area contributed by atoms with Gasteiger partial charge in [-0.15, -0.1) is 0 Å². The van der Waals surface area contributed by atoms with Crippen molar-refractivity contribution in [3.05, 3.63) is 53.3 Å². The minimum atomic E-state index is -2.58. The van der Waals surface area contributed by atoms with E-state index in [0.717, 1.165) is 0 Å². The molecule has 1 aliphatic rings. The lowest BCUT2D eigenvalue weighted by atomic mass is 10.1. The van der Waals surface area contributed by atoms with Crippen molar-refractivity contribution in [2.45, 2.75) is 23.7 Å². The molecule has 3 rings (SSSR count). The number of thioether (sulfide) groups is 1. The van der Waals surface area contributed by atoms with Gasteiger partial charge < -0.3 is 20.1 Å². The monoisotopic (exact) mass is 398 g/mol. The van der Waals surface area contributed by atoms with Crippen molar-refractivity contribution in [1.82, 2.24) is 5.32 Å². The minimum absolute atomic E-state index is 0.0954. The molecule has 5 nitrogen and oxygen atoms in total. The average molecular weight is 398 g/mol. The first-order chi connectivity index (χ1) is 13.0. The molecule has 0 radical (unpaired) electrons. The molecule has 1 heterocycles. The molecule has 0 saturated heterocycles. The van der Waals surface area contributed by atoms with E-state index in [4.69, 9.17) is 9.47 Å². The van der Waals surface area contributed by atoms with Crippen molar-refractivity contribution in [1.29, 1.82) is 0 Å². The molecule has 1 aliphatic heterocycles. The van der Waals surface area contributed by atoms with E-state index in [1.165, 1.54) is 18.2 Å². The number of alkyl halides is 2. The Kier molecular flexibility index (Phi) is 6.46. The molecule has 2 aromatic rings. The Labute approximate surface area is 158 Å². The third kappa shape index (κ3) is 5.30. The lowest BCUT2D eigenvalue weighted by Crippen LogP contribution is -2.30. The fraction of sp³-hybridized carbons (Fsp3) is 0.278. The Morgan fingerprint density at radius 3 is 2.89 bits per heavy atom. The number of carbonyl (C=O) groups excluding carboxylic acids is 1. The largest absolute Gasteiger partial charge is 0.467 e. The first kappa shape index (κ1) is 19.4. The van der Waals surface area contributed by atoms with Gasteiger partial charge in [0, 0.05) is 17.0 Å². The second-order valence-electron chi connectivity index (χ2n) is 5.67. The second-order valence-corrected chi connectivity index (χ2v) is 6.70. The number of hydrogen-bond donors (Lipinski definition) is 2. The maximum atomic E-state index is 13.7. The number of amides is 2. The quantitative estimate of drug-likeness (QED) is 0.710. The first-order valence-electron chi connectivity index (χ1n) is 8.13. The highest BCUT2D eigenvalue weighted by molar-refractivity contribution is 7.99. The lowest BCUT2D eigenvalue weighted by molar-refractivity contribution is -0.0172. The van der Waals surface area contributed by atoms with Crippen LogP contribution in [0.4, 0.5) is 23.7 Å². The Hall–Kier alpha value is -2.39. The molecule has 9 heteroatoms. The lowest BCUT2D eigenvalue weighted by Gasteiger charge is -2.21. The van der Waals surface area contributed by atoms with E-state index in [-0.39, 0.29) is 24.8 Å². The molecule has 0 aromatic heterocycles. The highest BCUT2D eigenvalue weighted by atomic mass is 32.2. The summed E-state index contributed by atoms with van der Waals surface area (Å²) in [5.41, 5.74) is 1.55. The average Bonchev–Trinajstić information content (AvgIpc) is 2.63. The smallest absolute Gasteiger partial charge is 0.319 e. The number of para-hydroxylation sites is 1. The predicted octanol–water partition coefficient (Wildman–Crippen LogP) is 4.37. The van der Waals surface area contributed by atoms with Gasteiger partial charge in [-0.05, 0) is 36.2 Å². The van der Waals surface area contributed by atoms with Gasteiger partial charge >= 0.3 is 6.03 Å². The fourth-order valence-electron chi connectivity index (χ4n) is 2.69. The maximum absolute atomic E-state index is 13.7. The Morgan fingerprint density at radius 1 is 1.26 bits per heavy atom. The van der Waals surface area contributed by atoms with Gasteiger partial charge in [0.05, 0.1) is 12.3 Å². The van der Waals surface area contributed by atoms with Crippen molar-refractivity contribution >= 4 is 23.5 Å². The number of nitrogens with one attached hydrogen (secondary N) is 2. The van der Waals surface area contributed by atoms with Gasteiger partial charge in [-0.2, -0.15) is 8.78 Å². The van der Waals surface area contributed by atoms with Crippen LogP contribution in [0.5, 0.6) is 5.75 Å². The zero-order valence-electron chi connectivity index (χ0n) is 14.1. The number of rotatable bonds is 6. The number of ether oxygens (including phenoxy) is 2. The summed E-state index contributed by atoms with van der Waals surface area (Å²) in [5.74, 6) is -2.41. The molecule has 27 heavy (non-hydrogen) atoms. The van der Waals surface area contributed by atoms with Crippen molar-refractivity contribution in [2.75, 3.05) is 18.7 Å². The molecule has 2 aromatic carbocycles. The number of anilines is 1. The summed E-state index contributed by atoms with van der Waals surface area (Å²) >= 11 is 0.359. The number of benzene rings is 2. The standard InChI is InChI=1S/C18H17F3N2O3S/c19-13-7-11(16-12(8-13)9-25-10-26-16)5-6-22-18(24)23-14-3-1-2-4-15(14)27-17(20)21/h1-4,7-8,17H,5-6,9-10H2,(H2,22,23,24). The van der Waals surface area contributed by atoms with Gasteiger partial charge in [-0.3, -0.25) is 0 Å². The normalized spacial score (nSPS) is 13.0.